The van der Waals surface area contributed by atoms with Crippen LogP contribution in [0.25, 0.3) is 0 Å². The molecule has 0 unspecified atom stereocenters. The second-order valence-corrected chi connectivity index (χ2v) is 5.20. The Hall–Kier alpha value is -1.86. The molecule has 1 aromatic carbocycles. The van der Waals surface area contributed by atoms with Gasteiger partial charge in [0.05, 0.1) is 17.5 Å². The minimum atomic E-state index is -0.527. The first kappa shape index (κ1) is 15.2. The van der Waals surface area contributed by atoms with Gasteiger partial charge in [-0.25, -0.2) is 0 Å². The fraction of sp³-hybridized carbons (Fsp3) is 0.467. The first-order chi connectivity index (χ1) is 8.90. The molecule has 0 fully saturated rings. The summed E-state index contributed by atoms with van der Waals surface area (Å²) >= 11 is 0. The maximum Gasteiger partial charge on any atom is 0.241 e. The molecule has 4 nitrogen and oxygen atoms in total. The molecule has 0 heterocycles. The van der Waals surface area contributed by atoms with Gasteiger partial charge in [-0.1, -0.05) is 25.5 Å². The van der Waals surface area contributed by atoms with Crippen molar-refractivity contribution in [1.82, 2.24) is 0 Å². The summed E-state index contributed by atoms with van der Waals surface area (Å²) in [6.07, 6.45) is 1.55. The number of rotatable bonds is 5. The normalized spacial score (nSPS) is 12.6. The summed E-state index contributed by atoms with van der Waals surface area (Å²) in [5.74, 6) is -0.172. The Kier molecular flexibility index (Phi) is 5.08. The van der Waals surface area contributed by atoms with Gasteiger partial charge in [0.1, 0.15) is 0 Å². The van der Waals surface area contributed by atoms with Crippen LogP contribution in [0, 0.1) is 11.3 Å². The highest BCUT2D eigenvalue weighted by Gasteiger charge is 2.19. The van der Waals surface area contributed by atoms with Gasteiger partial charge in [0, 0.05) is 5.69 Å². The Morgan fingerprint density at radius 1 is 1.42 bits per heavy atom. The zero-order valence-electron chi connectivity index (χ0n) is 11.7. The van der Waals surface area contributed by atoms with E-state index < -0.39 is 11.5 Å². The van der Waals surface area contributed by atoms with E-state index in [1.54, 1.807) is 12.1 Å². The average Bonchev–Trinajstić information content (AvgIpc) is 2.39. The molecule has 0 radical (unpaired) electrons. The van der Waals surface area contributed by atoms with Crippen LogP contribution in [0.2, 0.25) is 0 Å². The third-order valence-corrected chi connectivity index (χ3v) is 3.09. The summed E-state index contributed by atoms with van der Waals surface area (Å²) < 4.78 is 0. The minimum Gasteiger partial charge on any atom is -0.325 e. The number of hydrogen-bond donors (Lipinski definition) is 2. The number of nitriles is 1. The van der Waals surface area contributed by atoms with Gasteiger partial charge in [0.2, 0.25) is 5.91 Å². The van der Waals surface area contributed by atoms with Crippen molar-refractivity contribution >= 4 is 11.6 Å². The Bertz CT molecular complexity index is 471. The van der Waals surface area contributed by atoms with E-state index in [4.69, 9.17) is 11.0 Å². The standard InChI is InChI=1S/C15H21N3O/c1-4-5-13(17)14(19)18-12-8-6-11(7-9-12)15(2,3)10-16/h6-9,13H,4-5,17H2,1-3H3,(H,18,19)/t13-/m1/s1. The Morgan fingerprint density at radius 3 is 2.47 bits per heavy atom. The first-order valence-electron chi connectivity index (χ1n) is 6.49. The van der Waals surface area contributed by atoms with Crippen molar-refractivity contribution in [3.8, 4) is 6.07 Å². The lowest BCUT2D eigenvalue weighted by molar-refractivity contribution is -0.117. The van der Waals surface area contributed by atoms with Gasteiger partial charge in [-0.3, -0.25) is 4.79 Å². The van der Waals surface area contributed by atoms with Gasteiger partial charge in [-0.15, -0.1) is 0 Å². The Morgan fingerprint density at radius 2 is 2.00 bits per heavy atom. The smallest absolute Gasteiger partial charge is 0.241 e. The van der Waals surface area contributed by atoms with Gasteiger partial charge < -0.3 is 11.1 Å². The van der Waals surface area contributed by atoms with Gasteiger partial charge >= 0.3 is 0 Å². The minimum absolute atomic E-state index is 0.172. The monoisotopic (exact) mass is 259 g/mol. The highest BCUT2D eigenvalue weighted by molar-refractivity contribution is 5.94. The molecule has 3 N–H and O–H groups in total. The maximum atomic E-state index is 11.8. The van der Waals surface area contributed by atoms with Crippen molar-refractivity contribution in [2.24, 2.45) is 5.73 Å². The van der Waals surface area contributed by atoms with Crippen molar-refractivity contribution in [2.45, 2.75) is 45.1 Å². The zero-order valence-corrected chi connectivity index (χ0v) is 11.7. The molecule has 1 aromatic rings. The lowest BCUT2D eigenvalue weighted by atomic mass is 9.86. The van der Waals surface area contributed by atoms with Crippen LogP contribution in [0.4, 0.5) is 5.69 Å². The van der Waals surface area contributed by atoms with Crippen molar-refractivity contribution in [1.29, 1.82) is 5.26 Å². The number of nitrogens with one attached hydrogen (secondary N) is 1. The second kappa shape index (κ2) is 6.35. The summed E-state index contributed by atoms with van der Waals surface area (Å²) in [7, 11) is 0. The van der Waals surface area contributed by atoms with E-state index in [0.717, 1.165) is 12.0 Å². The van der Waals surface area contributed by atoms with E-state index in [-0.39, 0.29) is 5.91 Å². The van der Waals surface area contributed by atoms with E-state index in [2.05, 4.69) is 11.4 Å². The lowest BCUT2D eigenvalue weighted by Gasteiger charge is -2.16. The highest BCUT2D eigenvalue weighted by atomic mass is 16.2. The molecule has 0 aliphatic heterocycles. The van der Waals surface area contributed by atoms with Crippen molar-refractivity contribution in [2.75, 3.05) is 5.32 Å². The van der Waals surface area contributed by atoms with E-state index in [9.17, 15) is 4.79 Å². The van der Waals surface area contributed by atoms with E-state index in [0.29, 0.717) is 12.1 Å². The van der Waals surface area contributed by atoms with E-state index >= 15 is 0 Å². The molecule has 1 rings (SSSR count). The molecule has 102 valence electrons. The summed E-state index contributed by atoms with van der Waals surface area (Å²) in [6.45, 7) is 5.71. The SMILES string of the molecule is CCC[C@@H](N)C(=O)Nc1ccc(C(C)(C)C#N)cc1. The first-order valence-corrected chi connectivity index (χ1v) is 6.49. The van der Waals surface area contributed by atoms with Crippen molar-refractivity contribution < 1.29 is 4.79 Å². The van der Waals surface area contributed by atoms with Crippen LogP contribution in [0.3, 0.4) is 0 Å². The molecule has 4 heteroatoms. The number of benzene rings is 1. The largest absolute Gasteiger partial charge is 0.325 e. The molecule has 0 aliphatic rings. The predicted molar refractivity (Wildman–Crippen MR) is 76.6 cm³/mol. The number of anilines is 1. The molecule has 0 bridgehead atoms. The molecule has 1 amide bonds. The molecule has 0 aliphatic carbocycles. The van der Waals surface area contributed by atoms with Gasteiger partial charge in [-0.05, 0) is 38.0 Å². The molecule has 0 aromatic heterocycles. The Balaban J connectivity index is 2.73. The fourth-order valence-corrected chi connectivity index (χ4v) is 1.71. The van der Waals surface area contributed by atoms with E-state index in [1.807, 2.05) is 32.9 Å². The third-order valence-electron chi connectivity index (χ3n) is 3.09. The number of carbonyl (C=O) groups is 1. The van der Waals surface area contributed by atoms with Crippen LogP contribution in [-0.4, -0.2) is 11.9 Å². The molecule has 19 heavy (non-hydrogen) atoms. The Labute approximate surface area is 114 Å². The molecular weight excluding hydrogens is 238 g/mol. The molecule has 0 saturated carbocycles. The van der Waals surface area contributed by atoms with Crippen LogP contribution in [-0.2, 0) is 10.2 Å². The molecule has 1 atom stereocenters. The highest BCUT2D eigenvalue weighted by Crippen LogP contribution is 2.23. The van der Waals surface area contributed by atoms with Gasteiger partial charge in [0.25, 0.3) is 0 Å². The summed E-state index contributed by atoms with van der Waals surface area (Å²) in [4.78, 5) is 11.8. The van der Waals surface area contributed by atoms with Crippen LogP contribution in [0.1, 0.15) is 39.2 Å². The van der Waals surface area contributed by atoms with Crippen LogP contribution < -0.4 is 11.1 Å². The maximum absolute atomic E-state index is 11.8. The van der Waals surface area contributed by atoms with Crippen LogP contribution in [0.15, 0.2) is 24.3 Å². The molecule has 0 spiro atoms. The third kappa shape index (κ3) is 4.08. The lowest BCUT2D eigenvalue weighted by Crippen LogP contribution is -2.35. The average molecular weight is 259 g/mol. The zero-order chi connectivity index (χ0) is 14.5. The number of amides is 1. The second-order valence-electron chi connectivity index (χ2n) is 5.20. The molecule has 0 saturated heterocycles. The topological polar surface area (TPSA) is 78.9 Å². The number of carbonyl (C=O) groups excluding carboxylic acids is 1. The number of nitrogens with zero attached hydrogens (tertiary/aromatic N) is 1. The summed E-state index contributed by atoms with van der Waals surface area (Å²) in [5.41, 5.74) is 6.84. The fourth-order valence-electron chi connectivity index (χ4n) is 1.71. The van der Waals surface area contributed by atoms with Crippen molar-refractivity contribution in [3.05, 3.63) is 29.8 Å². The predicted octanol–water partition coefficient (Wildman–Crippen LogP) is 2.55. The number of hydrogen-bond acceptors (Lipinski definition) is 3. The quantitative estimate of drug-likeness (QED) is 0.852. The van der Waals surface area contributed by atoms with E-state index in [1.165, 1.54) is 0 Å². The summed E-state index contributed by atoms with van der Waals surface area (Å²) in [5, 5.41) is 11.8. The van der Waals surface area contributed by atoms with Gasteiger partial charge in [0.15, 0.2) is 0 Å². The van der Waals surface area contributed by atoms with Gasteiger partial charge in [-0.2, -0.15) is 5.26 Å². The number of nitrogens with two attached hydrogens (primary N) is 1. The van der Waals surface area contributed by atoms with Crippen molar-refractivity contribution in [3.63, 3.8) is 0 Å². The van der Waals surface area contributed by atoms with Crippen LogP contribution >= 0.6 is 0 Å². The molecular formula is C15H21N3O. The summed E-state index contributed by atoms with van der Waals surface area (Å²) in [6, 6.07) is 9.07. The van der Waals surface area contributed by atoms with Crippen LogP contribution in [0.5, 0.6) is 0 Å².